The summed E-state index contributed by atoms with van der Waals surface area (Å²) in [7, 11) is 0. The maximum absolute atomic E-state index is 12.4. The van der Waals surface area contributed by atoms with Gasteiger partial charge in [0.2, 0.25) is 11.8 Å². The van der Waals surface area contributed by atoms with Crippen molar-refractivity contribution in [1.29, 1.82) is 0 Å². The van der Waals surface area contributed by atoms with Crippen molar-refractivity contribution in [1.82, 2.24) is 10.3 Å². The van der Waals surface area contributed by atoms with E-state index >= 15 is 0 Å². The quantitative estimate of drug-likeness (QED) is 0.581. The average molecular weight is 392 g/mol. The van der Waals surface area contributed by atoms with E-state index in [9.17, 15) is 9.59 Å². The minimum atomic E-state index is -0.271. The molecule has 3 amide bonds. The van der Waals surface area contributed by atoms with Gasteiger partial charge in [0.25, 0.3) is 0 Å². The van der Waals surface area contributed by atoms with Crippen LogP contribution in [-0.2, 0) is 11.2 Å². The molecule has 0 radical (unpaired) electrons. The standard InChI is InChI=1S/C22H24N4O3/c1-14(2)23-22(28)25-18-11-9-17(10-12-18)24-20(27)13-19-15(3)29-21(26-19)16-7-5-4-6-8-16/h4-12,14H,13H2,1-3H3,(H,24,27)(H2,23,25,28). The Labute approximate surface area is 169 Å². The van der Waals surface area contributed by atoms with Gasteiger partial charge < -0.3 is 20.4 Å². The molecule has 1 heterocycles. The Hall–Kier alpha value is -3.61. The number of amides is 3. The number of anilines is 2. The average Bonchev–Trinajstić information content (AvgIpc) is 3.04. The Morgan fingerprint density at radius 3 is 2.21 bits per heavy atom. The normalized spacial score (nSPS) is 10.6. The molecule has 0 aliphatic rings. The molecule has 0 spiro atoms. The van der Waals surface area contributed by atoms with Crippen molar-refractivity contribution in [3.8, 4) is 11.5 Å². The molecule has 3 N–H and O–H groups in total. The molecule has 7 nitrogen and oxygen atoms in total. The van der Waals surface area contributed by atoms with Gasteiger partial charge in [-0.25, -0.2) is 9.78 Å². The minimum absolute atomic E-state index is 0.0518. The van der Waals surface area contributed by atoms with E-state index in [0.717, 1.165) is 5.56 Å². The SMILES string of the molecule is Cc1oc(-c2ccccc2)nc1CC(=O)Nc1ccc(NC(=O)NC(C)C)cc1. The summed E-state index contributed by atoms with van der Waals surface area (Å²) in [6.07, 6.45) is 0.110. The van der Waals surface area contributed by atoms with E-state index in [1.165, 1.54) is 0 Å². The van der Waals surface area contributed by atoms with E-state index < -0.39 is 0 Å². The molecule has 0 saturated heterocycles. The molecule has 0 atom stereocenters. The number of nitrogens with one attached hydrogen (secondary N) is 3. The van der Waals surface area contributed by atoms with E-state index in [-0.39, 0.29) is 24.4 Å². The molecule has 0 unspecified atom stereocenters. The monoisotopic (exact) mass is 392 g/mol. The smallest absolute Gasteiger partial charge is 0.319 e. The van der Waals surface area contributed by atoms with Gasteiger partial charge in [-0.05, 0) is 57.2 Å². The lowest BCUT2D eigenvalue weighted by atomic mass is 10.2. The second kappa shape index (κ2) is 9.05. The summed E-state index contributed by atoms with van der Waals surface area (Å²) in [6, 6.07) is 16.3. The van der Waals surface area contributed by atoms with Gasteiger partial charge in [0.15, 0.2) is 0 Å². The van der Waals surface area contributed by atoms with E-state index in [4.69, 9.17) is 4.42 Å². The van der Waals surface area contributed by atoms with Crippen LogP contribution in [0.4, 0.5) is 16.2 Å². The Bertz CT molecular complexity index is 979. The highest BCUT2D eigenvalue weighted by atomic mass is 16.4. The van der Waals surface area contributed by atoms with Crippen molar-refractivity contribution in [2.45, 2.75) is 33.2 Å². The number of oxazole rings is 1. The van der Waals surface area contributed by atoms with Crippen LogP contribution < -0.4 is 16.0 Å². The van der Waals surface area contributed by atoms with Crippen LogP contribution in [0.15, 0.2) is 59.0 Å². The zero-order chi connectivity index (χ0) is 20.8. The van der Waals surface area contributed by atoms with Gasteiger partial charge in [-0.2, -0.15) is 0 Å². The second-order valence-electron chi connectivity index (χ2n) is 6.94. The van der Waals surface area contributed by atoms with Crippen LogP contribution in [0.1, 0.15) is 25.3 Å². The summed E-state index contributed by atoms with van der Waals surface area (Å²) in [4.78, 5) is 28.6. The fraction of sp³-hybridized carbons (Fsp3) is 0.227. The Morgan fingerprint density at radius 2 is 1.59 bits per heavy atom. The molecule has 0 bridgehead atoms. The van der Waals surface area contributed by atoms with Crippen molar-refractivity contribution in [2.24, 2.45) is 0 Å². The molecule has 150 valence electrons. The number of nitrogens with zero attached hydrogens (tertiary/aromatic N) is 1. The largest absolute Gasteiger partial charge is 0.441 e. The topological polar surface area (TPSA) is 96.3 Å². The lowest BCUT2D eigenvalue weighted by Crippen LogP contribution is -2.34. The summed E-state index contributed by atoms with van der Waals surface area (Å²) in [5.74, 6) is 0.926. The van der Waals surface area contributed by atoms with E-state index in [2.05, 4.69) is 20.9 Å². The van der Waals surface area contributed by atoms with E-state index in [0.29, 0.717) is 28.7 Å². The molecule has 0 aliphatic carbocycles. The predicted molar refractivity (Wildman–Crippen MR) is 113 cm³/mol. The fourth-order valence-corrected chi connectivity index (χ4v) is 2.72. The van der Waals surface area contributed by atoms with Gasteiger partial charge in [0.1, 0.15) is 5.76 Å². The highest BCUT2D eigenvalue weighted by Crippen LogP contribution is 2.22. The number of hydrogen-bond acceptors (Lipinski definition) is 4. The molecule has 1 aromatic heterocycles. The first kappa shape index (κ1) is 20.1. The number of carbonyl (C=O) groups excluding carboxylic acids is 2. The number of urea groups is 1. The lowest BCUT2D eigenvalue weighted by Gasteiger charge is -2.10. The highest BCUT2D eigenvalue weighted by molar-refractivity contribution is 5.93. The first-order valence-electron chi connectivity index (χ1n) is 9.40. The van der Waals surface area contributed by atoms with Crippen LogP contribution in [0.2, 0.25) is 0 Å². The van der Waals surface area contributed by atoms with Crippen molar-refractivity contribution < 1.29 is 14.0 Å². The third-order valence-electron chi connectivity index (χ3n) is 4.09. The van der Waals surface area contributed by atoms with Crippen molar-refractivity contribution in [3.63, 3.8) is 0 Å². The lowest BCUT2D eigenvalue weighted by molar-refractivity contribution is -0.115. The van der Waals surface area contributed by atoms with E-state index in [1.807, 2.05) is 44.2 Å². The summed E-state index contributed by atoms with van der Waals surface area (Å²) in [5.41, 5.74) is 2.74. The number of aromatic nitrogens is 1. The van der Waals surface area contributed by atoms with Crippen molar-refractivity contribution in [3.05, 3.63) is 66.1 Å². The van der Waals surface area contributed by atoms with Crippen LogP contribution in [-0.4, -0.2) is 23.0 Å². The number of carbonyl (C=O) groups is 2. The maximum Gasteiger partial charge on any atom is 0.319 e. The molecular formula is C22H24N4O3. The zero-order valence-electron chi connectivity index (χ0n) is 16.7. The minimum Gasteiger partial charge on any atom is -0.441 e. The third kappa shape index (κ3) is 5.68. The van der Waals surface area contributed by atoms with Crippen LogP contribution in [0.3, 0.4) is 0 Å². The molecule has 2 aromatic carbocycles. The zero-order valence-corrected chi connectivity index (χ0v) is 16.7. The molecule has 7 heteroatoms. The summed E-state index contributed by atoms with van der Waals surface area (Å²) < 4.78 is 5.69. The number of rotatable bonds is 6. The summed E-state index contributed by atoms with van der Waals surface area (Å²) >= 11 is 0. The van der Waals surface area contributed by atoms with Gasteiger partial charge in [-0.15, -0.1) is 0 Å². The van der Waals surface area contributed by atoms with Crippen LogP contribution in [0.25, 0.3) is 11.5 Å². The van der Waals surface area contributed by atoms with Gasteiger partial charge >= 0.3 is 6.03 Å². The Balaban J connectivity index is 1.58. The van der Waals surface area contributed by atoms with Gasteiger partial charge in [-0.3, -0.25) is 4.79 Å². The fourth-order valence-electron chi connectivity index (χ4n) is 2.72. The number of benzene rings is 2. The Kier molecular flexibility index (Phi) is 6.29. The Morgan fingerprint density at radius 1 is 0.966 bits per heavy atom. The first-order chi connectivity index (χ1) is 13.9. The molecule has 0 aliphatic heterocycles. The third-order valence-corrected chi connectivity index (χ3v) is 4.09. The van der Waals surface area contributed by atoms with Crippen molar-refractivity contribution >= 4 is 23.3 Å². The summed E-state index contributed by atoms with van der Waals surface area (Å²) in [6.45, 7) is 5.57. The summed E-state index contributed by atoms with van der Waals surface area (Å²) in [5, 5.41) is 8.31. The van der Waals surface area contributed by atoms with E-state index in [1.54, 1.807) is 31.2 Å². The number of aryl methyl sites for hydroxylation is 1. The molecule has 3 rings (SSSR count). The van der Waals surface area contributed by atoms with Crippen molar-refractivity contribution in [2.75, 3.05) is 10.6 Å². The van der Waals surface area contributed by atoms with Crippen LogP contribution in [0.5, 0.6) is 0 Å². The van der Waals surface area contributed by atoms with Gasteiger partial charge in [-0.1, -0.05) is 18.2 Å². The molecular weight excluding hydrogens is 368 g/mol. The molecule has 0 saturated carbocycles. The highest BCUT2D eigenvalue weighted by Gasteiger charge is 2.15. The first-order valence-corrected chi connectivity index (χ1v) is 9.40. The second-order valence-corrected chi connectivity index (χ2v) is 6.94. The van der Waals surface area contributed by atoms with Gasteiger partial charge in [0, 0.05) is 23.0 Å². The molecule has 29 heavy (non-hydrogen) atoms. The van der Waals surface area contributed by atoms with Crippen LogP contribution in [0, 0.1) is 6.92 Å². The van der Waals surface area contributed by atoms with Gasteiger partial charge in [0.05, 0.1) is 12.1 Å². The predicted octanol–water partition coefficient (Wildman–Crippen LogP) is 4.36. The van der Waals surface area contributed by atoms with Crippen LogP contribution >= 0.6 is 0 Å². The molecule has 3 aromatic rings. The molecule has 0 fully saturated rings. The number of hydrogen-bond donors (Lipinski definition) is 3. The maximum atomic E-state index is 12.4.